The van der Waals surface area contributed by atoms with E-state index in [1.807, 2.05) is 49.4 Å². The predicted octanol–water partition coefficient (Wildman–Crippen LogP) is 4.47. The Balaban J connectivity index is 1.78. The number of anilines is 2. The Labute approximate surface area is 147 Å². The fraction of sp³-hybridized carbons (Fsp3) is 0.143. The van der Waals surface area contributed by atoms with Crippen LogP contribution in [-0.4, -0.2) is 10.9 Å². The third-order valence-electron chi connectivity index (χ3n) is 4.44. The van der Waals surface area contributed by atoms with Crippen LogP contribution in [0.25, 0.3) is 0 Å². The highest BCUT2D eigenvalue weighted by atomic mass is 16.2. The molecule has 1 N–H and O–H groups in total. The van der Waals surface area contributed by atoms with Gasteiger partial charge in [0.25, 0.3) is 5.91 Å². The van der Waals surface area contributed by atoms with Crippen molar-refractivity contribution in [2.24, 2.45) is 0 Å². The summed E-state index contributed by atoms with van der Waals surface area (Å²) in [7, 11) is 0. The van der Waals surface area contributed by atoms with E-state index in [9.17, 15) is 4.79 Å². The highest BCUT2D eigenvalue weighted by Gasteiger charge is 2.38. The van der Waals surface area contributed by atoms with Crippen LogP contribution < -0.4 is 10.2 Å². The number of hydrogen-bond donors (Lipinski definition) is 1. The summed E-state index contributed by atoms with van der Waals surface area (Å²) in [4.78, 5) is 19.3. The highest BCUT2D eigenvalue weighted by molar-refractivity contribution is 6.11. The molecule has 4 rings (SSSR count). The van der Waals surface area contributed by atoms with E-state index in [1.165, 1.54) is 0 Å². The van der Waals surface area contributed by atoms with Gasteiger partial charge in [0.05, 0.1) is 11.3 Å². The number of aromatic nitrogens is 1. The molecule has 1 aromatic heterocycles. The van der Waals surface area contributed by atoms with E-state index in [0.717, 1.165) is 28.2 Å². The Bertz CT molecular complexity index is 934. The molecule has 0 radical (unpaired) electrons. The molecule has 2 aromatic carbocycles. The number of amides is 1. The molecular weight excluding hydrogens is 310 g/mol. The molecule has 1 atom stereocenters. The lowest BCUT2D eigenvalue weighted by Gasteiger charge is -2.26. The van der Waals surface area contributed by atoms with E-state index in [0.29, 0.717) is 5.56 Å². The first-order valence-electron chi connectivity index (χ1n) is 8.32. The van der Waals surface area contributed by atoms with E-state index in [2.05, 4.69) is 29.4 Å². The largest absolute Gasteiger partial charge is 0.360 e. The van der Waals surface area contributed by atoms with Gasteiger partial charge in [-0.3, -0.25) is 14.7 Å². The third kappa shape index (κ3) is 2.76. The minimum Gasteiger partial charge on any atom is -0.360 e. The fourth-order valence-corrected chi connectivity index (χ4v) is 3.18. The molecule has 0 aliphatic carbocycles. The van der Waals surface area contributed by atoms with Gasteiger partial charge in [-0.25, -0.2) is 0 Å². The zero-order valence-corrected chi connectivity index (χ0v) is 14.2. The molecule has 0 saturated heterocycles. The quantitative estimate of drug-likeness (QED) is 0.771. The minimum absolute atomic E-state index is 0.0305. The average Bonchev–Trinajstić information content (AvgIpc) is 2.89. The zero-order chi connectivity index (χ0) is 17.4. The van der Waals surface area contributed by atoms with Gasteiger partial charge in [0.1, 0.15) is 0 Å². The van der Waals surface area contributed by atoms with Crippen LogP contribution in [0.1, 0.15) is 33.3 Å². The SMILES string of the molecule is Cc1ccc(N2C(=O)c3cccnc3[C@H]2Nc2cccc(C)c2)cc1. The van der Waals surface area contributed by atoms with E-state index in [-0.39, 0.29) is 12.1 Å². The van der Waals surface area contributed by atoms with E-state index in [1.54, 1.807) is 17.2 Å². The molecular formula is C21H19N3O. The smallest absolute Gasteiger partial charge is 0.262 e. The van der Waals surface area contributed by atoms with Crippen molar-refractivity contribution in [3.05, 3.63) is 89.2 Å². The lowest BCUT2D eigenvalue weighted by Crippen LogP contribution is -2.32. The number of rotatable bonds is 3. The molecule has 4 heteroatoms. The molecule has 4 nitrogen and oxygen atoms in total. The predicted molar refractivity (Wildman–Crippen MR) is 99.8 cm³/mol. The molecule has 25 heavy (non-hydrogen) atoms. The van der Waals surface area contributed by atoms with Crippen molar-refractivity contribution in [1.29, 1.82) is 0 Å². The Morgan fingerprint density at radius 3 is 2.52 bits per heavy atom. The summed E-state index contributed by atoms with van der Waals surface area (Å²) in [5.41, 5.74) is 5.56. The number of aryl methyl sites for hydroxylation is 2. The Kier molecular flexibility index (Phi) is 3.73. The van der Waals surface area contributed by atoms with E-state index < -0.39 is 0 Å². The molecule has 0 spiro atoms. The van der Waals surface area contributed by atoms with Gasteiger partial charge >= 0.3 is 0 Å². The van der Waals surface area contributed by atoms with Crippen LogP contribution in [0.3, 0.4) is 0 Å². The molecule has 2 heterocycles. The second-order valence-corrected chi connectivity index (χ2v) is 6.36. The summed E-state index contributed by atoms with van der Waals surface area (Å²) < 4.78 is 0. The van der Waals surface area contributed by atoms with Crippen LogP contribution in [0.4, 0.5) is 11.4 Å². The number of benzene rings is 2. The van der Waals surface area contributed by atoms with Crippen molar-refractivity contribution in [3.63, 3.8) is 0 Å². The molecule has 3 aromatic rings. The molecule has 1 aliphatic rings. The standard InChI is InChI=1S/C21H19N3O/c1-14-8-10-17(11-9-14)24-20(23-16-6-3-5-15(2)13-16)19-18(21(24)25)7-4-12-22-19/h3-13,20,23H,1-2H3/t20-/m0/s1. The minimum atomic E-state index is -0.326. The average molecular weight is 329 g/mol. The molecule has 1 amide bonds. The maximum Gasteiger partial charge on any atom is 0.262 e. The molecule has 0 saturated carbocycles. The molecule has 0 bridgehead atoms. The number of hydrogen-bond acceptors (Lipinski definition) is 3. The lowest BCUT2D eigenvalue weighted by molar-refractivity contribution is 0.0993. The first-order valence-corrected chi connectivity index (χ1v) is 8.32. The monoisotopic (exact) mass is 329 g/mol. The molecule has 0 unspecified atom stereocenters. The second kappa shape index (κ2) is 6.06. The van der Waals surface area contributed by atoms with Crippen LogP contribution in [-0.2, 0) is 0 Å². The number of carbonyl (C=O) groups excluding carboxylic acids is 1. The van der Waals surface area contributed by atoms with Gasteiger partial charge in [0, 0.05) is 17.6 Å². The van der Waals surface area contributed by atoms with Gasteiger partial charge in [-0.2, -0.15) is 0 Å². The van der Waals surface area contributed by atoms with Gasteiger partial charge in [-0.15, -0.1) is 0 Å². The third-order valence-corrected chi connectivity index (χ3v) is 4.44. The van der Waals surface area contributed by atoms with Crippen LogP contribution in [0, 0.1) is 13.8 Å². The number of carbonyl (C=O) groups is 1. The van der Waals surface area contributed by atoms with Crippen molar-refractivity contribution in [3.8, 4) is 0 Å². The van der Waals surface area contributed by atoms with Gasteiger partial charge < -0.3 is 5.32 Å². The van der Waals surface area contributed by atoms with Crippen molar-refractivity contribution in [2.45, 2.75) is 20.0 Å². The Hall–Kier alpha value is -3.14. The molecule has 1 aliphatic heterocycles. The van der Waals surface area contributed by atoms with Gasteiger partial charge in [-0.1, -0.05) is 29.8 Å². The van der Waals surface area contributed by atoms with Crippen LogP contribution in [0.5, 0.6) is 0 Å². The summed E-state index contributed by atoms with van der Waals surface area (Å²) in [6, 6.07) is 19.8. The van der Waals surface area contributed by atoms with Crippen molar-refractivity contribution < 1.29 is 4.79 Å². The maximum absolute atomic E-state index is 13.0. The highest BCUT2D eigenvalue weighted by Crippen LogP contribution is 2.36. The Morgan fingerprint density at radius 1 is 0.960 bits per heavy atom. The second-order valence-electron chi connectivity index (χ2n) is 6.36. The van der Waals surface area contributed by atoms with Crippen LogP contribution in [0.2, 0.25) is 0 Å². The zero-order valence-electron chi connectivity index (χ0n) is 14.2. The van der Waals surface area contributed by atoms with Crippen molar-refractivity contribution >= 4 is 17.3 Å². The van der Waals surface area contributed by atoms with E-state index in [4.69, 9.17) is 0 Å². The molecule has 124 valence electrons. The van der Waals surface area contributed by atoms with Gasteiger partial charge in [-0.05, 0) is 55.8 Å². The Morgan fingerprint density at radius 2 is 1.76 bits per heavy atom. The molecule has 0 fully saturated rings. The topological polar surface area (TPSA) is 45.2 Å². The summed E-state index contributed by atoms with van der Waals surface area (Å²) in [6.07, 6.45) is 1.41. The number of fused-ring (bicyclic) bond motifs is 1. The lowest BCUT2D eigenvalue weighted by atomic mass is 10.2. The maximum atomic E-state index is 13.0. The summed E-state index contributed by atoms with van der Waals surface area (Å²) in [5, 5.41) is 3.47. The summed E-state index contributed by atoms with van der Waals surface area (Å²) in [6.45, 7) is 4.09. The fourth-order valence-electron chi connectivity index (χ4n) is 3.18. The van der Waals surface area contributed by atoms with Gasteiger partial charge in [0.15, 0.2) is 6.17 Å². The van der Waals surface area contributed by atoms with Crippen LogP contribution in [0.15, 0.2) is 66.9 Å². The van der Waals surface area contributed by atoms with Gasteiger partial charge in [0.2, 0.25) is 0 Å². The van der Waals surface area contributed by atoms with Crippen molar-refractivity contribution in [1.82, 2.24) is 4.98 Å². The number of pyridine rings is 1. The van der Waals surface area contributed by atoms with Crippen molar-refractivity contribution in [2.75, 3.05) is 10.2 Å². The first-order chi connectivity index (χ1) is 12.1. The number of nitrogens with zero attached hydrogens (tertiary/aromatic N) is 2. The summed E-state index contributed by atoms with van der Waals surface area (Å²) in [5.74, 6) is -0.0305. The first kappa shape index (κ1) is 15.4. The number of nitrogens with one attached hydrogen (secondary N) is 1. The summed E-state index contributed by atoms with van der Waals surface area (Å²) >= 11 is 0. The van der Waals surface area contributed by atoms with Crippen LogP contribution >= 0.6 is 0 Å². The normalized spacial score (nSPS) is 16.0. The van der Waals surface area contributed by atoms with E-state index >= 15 is 0 Å².